The van der Waals surface area contributed by atoms with Gasteiger partial charge >= 0.3 is 6.18 Å². The first kappa shape index (κ1) is 12.3. The Balaban J connectivity index is 2.57. The third-order valence-electron chi connectivity index (χ3n) is 2.39. The minimum atomic E-state index is -4.37. The zero-order valence-corrected chi connectivity index (χ0v) is 8.73. The monoisotopic (exact) mass is 225 g/mol. The molecule has 1 aliphatic heterocycles. The highest BCUT2D eigenvalue weighted by molar-refractivity contribution is 5.76. The number of hydrogen-bond acceptors (Lipinski definition) is 2. The van der Waals surface area contributed by atoms with E-state index in [9.17, 15) is 18.0 Å². The van der Waals surface area contributed by atoms with Crippen molar-refractivity contribution < 1.29 is 22.8 Å². The predicted octanol–water partition coefficient (Wildman–Crippen LogP) is 2.13. The standard InChI is InChI=1S/C9H14F3NO2/c1-8(2,9(10,11)12)6-7(14)13-4-3-5-15-13/h3-6H2,1-2H3. The number of halogens is 3. The number of alkyl halides is 3. The van der Waals surface area contributed by atoms with Gasteiger partial charge in [0.1, 0.15) is 0 Å². The number of hydroxylamine groups is 2. The summed E-state index contributed by atoms with van der Waals surface area (Å²) in [7, 11) is 0. The highest BCUT2D eigenvalue weighted by atomic mass is 19.4. The molecule has 0 N–H and O–H groups in total. The normalized spacial score (nSPS) is 18.3. The number of nitrogens with zero attached hydrogens (tertiary/aromatic N) is 1. The molecule has 88 valence electrons. The SMILES string of the molecule is CC(C)(CC(=O)N1CCCO1)C(F)(F)F. The Morgan fingerprint density at radius 2 is 2.00 bits per heavy atom. The van der Waals surface area contributed by atoms with E-state index < -0.39 is 23.9 Å². The van der Waals surface area contributed by atoms with E-state index in [-0.39, 0.29) is 0 Å². The van der Waals surface area contributed by atoms with E-state index in [1.54, 1.807) is 0 Å². The van der Waals surface area contributed by atoms with Crippen LogP contribution in [0.1, 0.15) is 26.7 Å². The lowest BCUT2D eigenvalue weighted by atomic mass is 9.88. The minimum Gasteiger partial charge on any atom is -0.273 e. The smallest absolute Gasteiger partial charge is 0.273 e. The fourth-order valence-electron chi connectivity index (χ4n) is 1.21. The van der Waals surface area contributed by atoms with Gasteiger partial charge < -0.3 is 0 Å². The maximum Gasteiger partial charge on any atom is 0.394 e. The van der Waals surface area contributed by atoms with Crippen molar-refractivity contribution in [2.24, 2.45) is 5.41 Å². The first-order valence-electron chi connectivity index (χ1n) is 4.74. The lowest BCUT2D eigenvalue weighted by Crippen LogP contribution is -2.38. The van der Waals surface area contributed by atoms with Gasteiger partial charge in [-0.05, 0) is 6.42 Å². The first-order valence-corrected chi connectivity index (χ1v) is 4.74. The Morgan fingerprint density at radius 3 is 2.40 bits per heavy atom. The Hall–Kier alpha value is -0.780. The van der Waals surface area contributed by atoms with Crippen LogP contribution < -0.4 is 0 Å². The summed E-state index contributed by atoms with van der Waals surface area (Å²) in [6.07, 6.45) is -4.27. The van der Waals surface area contributed by atoms with E-state index in [1.165, 1.54) is 0 Å². The van der Waals surface area contributed by atoms with Crippen molar-refractivity contribution in [1.82, 2.24) is 5.06 Å². The van der Waals surface area contributed by atoms with E-state index in [1.807, 2.05) is 0 Å². The molecule has 6 heteroatoms. The molecular weight excluding hydrogens is 211 g/mol. The van der Waals surface area contributed by atoms with Gasteiger partial charge in [-0.15, -0.1) is 0 Å². The Morgan fingerprint density at radius 1 is 1.40 bits per heavy atom. The van der Waals surface area contributed by atoms with Crippen LogP contribution in [-0.4, -0.2) is 30.3 Å². The number of carbonyl (C=O) groups excluding carboxylic acids is 1. The number of rotatable bonds is 2. The summed E-state index contributed by atoms with van der Waals surface area (Å²) in [4.78, 5) is 16.3. The predicted molar refractivity (Wildman–Crippen MR) is 46.7 cm³/mol. The highest BCUT2D eigenvalue weighted by Gasteiger charge is 2.49. The molecule has 0 aromatic heterocycles. The highest BCUT2D eigenvalue weighted by Crippen LogP contribution is 2.40. The summed E-state index contributed by atoms with van der Waals surface area (Å²) in [6.45, 7) is 2.81. The summed E-state index contributed by atoms with van der Waals surface area (Å²) in [6, 6.07) is 0. The van der Waals surface area contributed by atoms with E-state index in [0.717, 1.165) is 18.9 Å². The van der Waals surface area contributed by atoms with Crippen molar-refractivity contribution in [2.75, 3.05) is 13.2 Å². The zero-order valence-electron chi connectivity index (χ0n) is 8.73. The first-order chi connectivity index (χ1) is 6.74. The van der Waals surface area contributed by atoms with Gasteiger partial charge in [0.25, 0.3) is 0 Å². The van der Waals surface area contributed by atoms with E-state index in [2.05, 4.69) is 0 Å². The molecule has 1 saturated heterocycles. The van der Waals surface area contributed by atoms with E-state index in [4.69, 9.17) is 4.84 Å². The van der Waals surface area contributed by atoms with Gasteiger partial charge in [-0.25, -0.2) is 5.06 Å². The molecule has 0 bridgehead atoms. The average Bonchev–Trinajstić information content (AvgIpc) is 2.51. The Bertz CT molecular complexity index is 244. The summed E-state index contributed by atoms with van der Waals surface area (Å²) in [5.41, 5.74) is -2.00. The van der Waals surface area contributed by atoms with Crippen LogP contribution in [0.4, 0.5) is 13.2 Å². The fraction of sp³-hybridized carbons (Fsp3) is 0.889. The van der Waals surface area contributed by atoms with Crippen LogP contribution in [0.5, 0.6) is 0 Å². The molecule has 0 aliphatic carbocycles. The average molecular weight is 225 g/mol. The molecule has 0 spiro atoms. The fourth-order valence-corrected chi connectivity index (χ4v) is 1.21. The quantitative estimate of drug-likeness (QED) is 0.720. The van der Waals surface area contributed by atoms with Crippen LogP contribution in [0.3, 0.4) is 0 Å². The van der Waals surface area contributed by atoms with Crippen LogP contribution in [0, 0.1) is 5.41 Å². The van der Waals surface area contributed by atoms with Gasteiger partial charge in [-0.2, -0.15) is 13.2 Å². The minimum absolute atomic E-state index is 0.382. The molecule has 0 radical (unpaired) electrons. The number of amides is 1. The second kappa shape index (κ2) is 4.00. The van der Waals surface area contributed by atoms with Gasteiger partial charge in [0, 0.05) is 6.42 Å². The topological polar surface area (TPSA) is 29.5 Å². The van der Waals surface area contributed by atoms with Gasteiger partial charge in [-0.1, -0.05) is 13.8 Å². The molecule has 0 aromatic rings. The van der Waals surface area contributed by atoms with Crippen molar-refractivity contribution in [2.45, 2.75) is 32.9 Å². The molecule has 1 fully saturated rings. The Labute approximate surface area is 86.1 Å². The lowest BCUT2D eigenvalue weighted by molar-refractivity contribution is -0.220. The molecule has 15 heavy (non-hydrogen) atoms. The molecule has 1 amide bonds. The van der Waals surface area contributed by atoms with Crippen molar-refractivity contribution in [3.05, 3.63) is 0 Å². The van der Waals surface area contributed by atoms with Crippen LogP contribution >= 0.6 is 0 Å². The largest absolute Gasteiger partial charge is 0.394 e. The summed E-state index contributed by atoms with van der Waals surface area (Å²) in [5.74, 6) is -0.602. The van der Waals surface area contributed by atoms with Gasteiger partial charge in [0.15, 0.2) is 0 Å². The molecule has 3 nitrogen and oxygen atoms in total. The second-order valence-electron chi connectivity index (χ2n) is 4.24. The second-order valence-corrected chi connectivity index (χ2v) is 4.24. The van der Waals surface area contributed by atoms with Gasteiger partial charge in [-0.3, -0.25) is 9.63 Å². The lowest BCUT2D eigenvalue weighted by Gasteiger charge is -2.28. The van der Waals surface area contributed by atoms with Crippen LogP contribution in [-0.2, 0) is 9.63 Å². The van der Waals surface area contributed by atoms with E-state index in [0.29, 0.717) is 19.6 Å². The van der Waals surface area contributed by atoms with Crippen LogP contribution in [0.15, 0.2) is 0 Å². The number of carbonyl (C=O) groups is 1. The molecule has 1 rings (SSSR count). The third kappa shape index (κ3) is 2.84. The van der Waals surface area contributed by atoms with Crippen molar-refractivity contribution in [1.29, 1.82) is 0 Å². The van der Waals surface area contributed by atoms with Gasteiger partial charge in [0.05, 0.1) is 18.6 Å². The molecule has 1 aliphatic rings. The zero-order chi connectivity index (χ0) is 11.7. The number of hydrogen-bond donors (Lipinski definition) is 0. The maximum absolute atomic E-state index is 12.5. The van der Waals surface area contributed by atoms with E-state index >= 15 is 0 Å². The third-order valence-corrected chi connectivity index (χ3v) is 2.39. The summed E-state index contributed by atoms with van der Waals surface area (Å²) >= 11 is 0. The molecular formula is C9H14F3NO2. The van der Waals surface area contributed by atoms with Crippen molar-refractivity contribution in [3.8, 4) is 0 Å². The summed E-state index contributed by atoms with van der Waals surface area (Å²) < 4.78 is 37.4. The molecule has 0 atom stereocenters. The molecule has 0 unspecified atom stereocenters. The van der Waals surface area contributed by atoms with Crippen molar-refractivity contribution in [3.63, 3.8) is 0 Å². The maximum atomic E-state index is 12.5. The Kier molecular flexibility index (Phi) is 3.28. The van der Waals surface area contributed by atoms with Crippen LogP contribution in [0.2, 0.25) is 0 Å². The summed E-state index contributed by atoms with van der Waals surface area (Å²) in [5, 5.41) is 1.02. The van der Waals surface area contributed by atoms with Crippen molar-refractivity contribution >= 4 is 5.91 Å². The van der Waals surface area contributed by atoms with Gasteiger partial charge in [0.2, 0.25) is 5.91 Å². The molecule has 1 heterocycles. The molecule has 0 saturated carbocycles. The van der Waals surface area contributed by atoms with Crippen LogP contribution in [0.25, 0.3) is 0 Å². The molecule has 0 aromatic carbocycles.